The number of carbonyl (C=O) groups excluding carboxylic acids is 2. The first-order valence-corrected chi connectivity index (χ1v) is 15.2. The van der Waals surface area contributed by atoms with Gasteiger partial charge in [-0.1, -0.05) is 71.9 Å². The predicted molar refractivity (Wildman–Crippen MR) is 167 cm³/mol. The normalized spacial score (nSPS) is 13.6. The highest BCUT2D eigenvalue weighted by molar-refractivity contribution is 7.10. The number of rotatable bonds is 9. The highest BCUT2D eigenvalue weighted by Gasteiger charge is 2.34. The first-order valence-electron chi connectivity index (χ1n) is 14.3. The molecule has 216 valence electrons. The molecule has 9 heteroatoms. The Morgan fingerprint density at radius 3 is 2.47 bits per heavy atom. The van der Waals surface area contributed by atoms with E-state index in [0.717, 1.165) is 39.4 Å². The summed E-state index contributed by atoms with van der Waals surface area (Å²) in [6.07, 6.45) is 7.99. The van der Waals surface area contributed by atoms with Gasteiger partial charge in [0.1, 0.15) is 6.04 Å². The van der Waals surface area contributed by atoms with Crippen LogP contribution in [0.1, 0.15) is 32.8 Å². The van der Waals surface area contributed by atoms with Crippen LogP contribution in [0.5, 0.6) is 0 Å². The summed E-state index contributed by atoms with van der Waals surface area (Å²) >= 11 is 1.48. The van der Waals surface area contributed by atoms with Crippen molar-refractivity contribution in [3.8, 4) is 5.69 Å². The summed E-state index contributed by atoms with van der Waals surface area (Å²) in [6.45, 7) is 3.34. The summed E-state index contributed by atoms with van der Waals surface area (Å²) in [7, 11) is 0. The zero-order chi connectivity index (χ0) is 29.6. The lowest BCUT2D eigenvalue weighted by Crippen LogP contribution is -2.52. The van der Waals surface area contributed by atoms with E-state index in [1.54, 1.807) is 39.6 Å². The van der Waals surface area contributed by atoms with Crippen LogP contribution in [-0.2, 0) is 35.5 Å². The van der Waals surface area contributed by atoms with Gasteiger partial charge in [-0.3, -0.25) is 9.59 Å². The Bertz CT molecular complexity index is 1710. The first-order chi connectivity index (χ1) is 21.0. The molecule has 0 fully saturated rings. The van der Waals surface area contributed by atoms with Crippen molar-refractivity contribution in [1.29, 1.82) is 0 Å². The van der Waals surface area contributed by atoms with Gasteiger partial charge in [0.2, 0.25) is 11.8 Å². The van der Waals surface area contributed by atoms with Crippen LogP contribution in [0.3, 0.4) is 0 Å². The topological polar surface area (TPSA) is 84.2 Å². The van der Waals surface area contributed by atoms with Crippen LogP contribution in [0.15, 0.2) is 103 Å². The first kappa shape index (κ1) is 28.2. The van der Waals surface area contributed by atoms with Crippen molar-refractivity contribution < 1.29 is 9.59 Å². The van der Waals surface area contributed by atoms with Gasteiger partial charge in [0.15, 0.2) is 0 Å². The third-order valence-corrected chi connectivity index (χ3v) is 8.69. The Kier molecular flexibility index (Phi) is 8.51. The quantitative estimate of drug-likeness (QED) is 0.219. The summed E-state index contributed by atoms with van der Waals surface area (Å²) in [6, 6.07) is 25.3. The molecule has 0 spiro atoms. The summed E-state index contributed by atoms with van der Waals surface area (Å²) in [5.74, 6) is -0.270. The lowest BCUT2D eigenvalue weighted by Gasteiger charge is -2.37. The van der Waals surface area contributed by atoms with Gasteiger partial charge in [0, 0.05) is 37.0 Å². The van der Waals surface area contributed by atoms with Crippen molar-refractivity contribution in [3.63, 3.8) is 0 Å². The molecule has 0 radical (unpaired) electrons. The summed E-state index contributed by atoms with van der Waals surface area (Å²) in [5, 5.41) is 7.95. The van der Waals surface area contributed by atoms with E-state index in [1.165, 1.54) is 16.9 Å². The number of thiazole rings is 1. The number of aromatic nitrogens is 4. The molecule has 0 N–H and O–H groups in total. The van der Waals surface area contributed by atoms with E-state index in [2.05, 4.69) is 27.4 Å². The van der Waals surface area contributed by atoms with Crippen LogP contribution in [-0.4, -0.2) is 54.2 Å². The number of benzene rings is 3. The molecule has 43 heavy (non-hydrogen) atoms. The molecule has 6 rings (SSSR count). The molecule has 1 aliphatic rings. The largest absolute Gasteiger partial charge is 0.336 e. The van der Waals surface area contributed by atoms with Crippen LogP contribution in [0, 0.1) is 6.92 Å². The molecule has 0 saturated carbocycles. The van der Waals surface area contributed by atoms with Crippen LogP contribution in [0.4, 0.5) is 0 Å². The fraction of sp³-hybridized carbons (Fsp3) is 0.206. The van der Waals surface area contributed by atoms with Crippen LogP contribution >= 0.6 is 11.3 Å². The second-order valence-corrected chi connectivity index (χ2v) is 11.5. The summed E-state index contributed by atoms with van der Waals surface area (Å²) < 4.78 is 1.68. The van der Waals surface area contributed by atoms with Crippen molar-refractivity contribution in [2.24, 2.45) is 0 Å². The monoisotopic (exact) mass is 588 g/mol. The molecule has 2 amide bonds. The van der Waals surface area contributed by atoms with E-state index >= 15 is 0 Å². The fourth-order valence-corrected chi connectivity index (χ4v) is 6.11. The highest BCUT2D eigenvalue weighted by Crippen LogP contribution is 2.24. The molecule has 2 aromatic heterocycles. The second-order valence-electron chi connectivity index (χ2n) is 10.6. The molecule has 0 bridgehead atoms. The van der Waals surface area contributed by atoms with Gasteiger partial charge >= 0.3 is 0 Å². The minimum Gasteiger partial charge on any atom is -0.336 e. The Hall–Kier alpha value is -4.89. The molecular weight excluding hydrogens is 556 g/mol. The average molecular weight is 589 g/mol. The van der Waals surface area contributed by atoms with Gasteiger partial charge < -0.3 is 9.80 Å². The molecule has 0 unspecified atom stereocenters. The lowest BCUT2D eigenvalue weighted by atomic mass is 9.97. The summed E-state index contributed by atoms with van der Waals surface area (Å²) in [5.41, 5.74) is 7.84. The van der Waals surface area contributed by atoms with E-state index in [9.17, 15) is 9.59 Å². The van der Waals surface area contributed by atoms with Crippen molar-refractivity contribution in [2.45, 2.75) is 38.9 Å². The number of fused-ring (bicyclic) bond motifs is 1. The van der Waals surface area contributed by atoms with E-state index in [4.69, 9.17) is 0 Å². The van der Waals surface area contributed by atoms with E-state index < -0.39 is 6.04 Å². The molecule has 3 heterocycles. The fourth-order valence-electron chi connectivity index (χ4n) is 5.41. The molecule has 0 aliphatic carbocycles. The van der Waals surface area contributed by atoms with Gasteiger partial charge in [0.05, 0.1) is 29.3 Å². The Morgan fingerprint density at radius 1 is 0.977 bits per heavy atom. The minimum absolute atomic E-state index is 0.0479. The van der Waals surface area contributed by atoms with Gasteiger partial charge in [-0.25, -0.2) is 9.67 Å². The molecule has 8 nitrogen and oxygen atoms in total. The van der Waals surface area contributed by atoms with Gasteiger partial charge in [-0.2, -0.15) is 0 Å². The number of aryl methyl sites for hydroxylation is 1. The zero-order valence-corrected chi connectivity index (χ0v) is 24.7. The molecule has 5 aromatic rings. The van der Waals surface area contributed by atoms with Crippen LogP contribution < -0.4 is 0 Å². The Morgan fingerprint density at radius 2 is 1.74 bits per heavy atom. The number of nitrogens with zero attached hydrogens (tertiary/aromatic N) is 6. The van der Waals surface area contributed by atoms with Crippen molar-refractivity contribution in [2.75, 3.05) is 6.54 Å². The van der Waals surface area contributed by atoms with Crippen LogP contribution in [0.2, 0.25) is 0 Å². The molecule has 1 atom stereocenters. The number of hydrogen-bond acceptors (Lipinski definition) is 6. The van der Waals surface area contributed by atoms with E-state index in [-0.39, 0.29) is 18.4 Å². The maximum absolute atomic E-state index is 14.4. The van der Waals surface area contributed by atoms with Gasteiger partial charge in [-0.15, -0.1) is 16.4 Å². The van der Waals surface area contributed by atoms with Crippen molar-refractivity contribution in [1.82, 2.24) is 29.8 Å². The molecular formula is C34H32N6O2S. The average Bonchev–Trinajstić information content (AvgIpc) is 3.74. The number of hydrogen-bond donors (Lipinski definition) is 0. The number of carbonyl (C=O) groups is 2. The molecule has 0 saturated heterocycles. The highest BCUT2D eigenvalue weighted by atomic mass is 32.1. The molecule has 1 aliphatic heterocycles. The standard InChI is InChI=1S/C34H32N6O2S/c1-25-32(43-24-35-25)15-16-33(41)39(22-27-11-13-30(14-12-27)40-20-18-36-37-40)31(21-26-7-3-2-4-8-26)34(42)38-19-17-28-9-5-6-10-29(28)23-38/h2-16,18,20,24,31H,17,19,21-23H2,1H3/t31-/m0/s1. The lowest BCUT2D eigenvalue weighted by molar-refractivity contribution is -0.144. The Labute approximate surface area is 254 Å². The maximum Gasteiger partial charge on any atom is 0.247 e. The minimum atomic E-state index is -0.692. The van der Waals surface area contributed by atoms with Gasteiger partial charge in [-0.05, 0) is 53.8 Å². The maximum atomic E-state index is 14.4. The van der Waals surface area contributed by atoms with Crippen molar-refractivity contribution >= 4 is 29.2 Å². The van der Waals surface area contributed by atoms with E-state index in [1.807, 2.05) is 78.6 Å². The SMILES string of the molecule is Cc1ncsc1C=CC(=O)N(Cc1ccc(-n2ccnn2)cc1)[C@@H](Cc1ccccc1)C(=O)N1CCc2ccccc2C1. The third-order valence-electron chi connectivity index (χ3n) is 7.79. The van der Waals surface area contributed by atoms with Gasteiger partial charge in [0.25, 0.3) is 0 Å². The summed E-state index contributed by atoms with van der Waals surface area (Å²) in [4.78, 5) is 37.3. The van der Waals surface area contributed by atoms with Crippen molar-refractivity contribution in [3.05, 3.63) is 136 Å². The van der Waals surface area contributed by atoms with E-state index in [0.29, 0.717) is 19.5 Å². The molecule has 3 aromatic carbocycles. The Balaban J connectivity index is 1.34. The number of amides is 2. The van der Waals surface area contributed by atoms with Crippen LogP contribution in [0.25, 0.3) is 11.8 Å². The zero-order valence-electron chi connectivity index (χ0n) is 23.9. The predicted octanol–water partition coefficient (Wildman–Crippen LogP) is 5.27. The third kappa shape index (κ3) is 6.62. The smallest absolute Gasteiger partial charge is 0.247 e. The second kappa shape index (κ2) is 13.0.